The van der Waals surface area contributed by atoms with Crippen LogP contribution >= 0.6 is 24.0 Å². The lowest BCUT2D eigenvalue weighted by Gasteiger charge is -2.14. The van der Waals surface area contributed by atoms with Gasteiger partial charge in [-0.1, -0.05) is 42.5 Å². The van der Waals surface area contributed by atoms with Gasteiger partial charge in [0.15, 0.2) is 0 Å². The number of rotatable bonds is 12. The molecule has 13 nitrogen and oxygen atoms in total. The molecule has 0 spiro atoms. The van der Waals surface area contributed by atoms with Crippen molar-refractivity contribution in [3.63, 3.8) is 0 Å². The van der Waals surface area contributed by atoms with Crippen LogP contribution in [-0.4, -0.2) is 50.5 Å². The quantitative estimate of drug-likeness (QED) is 0.0930. The number of carbonyl (C=O) groups is 3. The fourth-order valence-electron chi connectivity index (χ4n) is 3.50. The minimum Gasteiger partial charge on any atom is -0.465 e. The van der Waals surface area contributed by atoms with Crippen LogP contribution in [0.3, 0.4) is 0 Å². The molecule has 1 saturated heterocycles. The van der Waals surface area contributed by atoms with E-state index in [9.17, 15) is 34.6 Å². The number of hydrogen-bond acceptors (Lipinski definition) is 11. The molecule has 0 saturated carbocycles. The number of nitro benzene ring substituents is 2. The lowest BCUT2D eigenvalue weighted by molar-refractivity contribution is -0.393. The molecule has 0 bridgehead atoms. The van der Waals surface area contributed by atoms with Crippen molar-refractivity contribution >= 4 is 69.2 Å². The molecule has 0 aromatic heterocycles. The van der Waals surface area contributed by atoms with Crippen LogP contribution in [0, 0.1) is 20.2 Å². The van der Waals surface area contributed by atoms with Crippen LogP contribution in [0.25, 0.3) is 6.08 Å². The number of nitrogens with one attached hydrogen (secondary N) is 2. The molecule has 2 aromatic rings. The van der Waals surface area contributed by atoms with Gasteiger partial charge in [0.2, 0.25) is 5.91 Å². The summed E-state index contributed by atoms with van der Waals surface area (Å²) in [6.07, 6.45) is 3.53. The van der Waals surface area contributed by atoms with Crippen LogP contribution in [0.1, 0.15) is 41.6 Å². The molecule has 1 aliphatic heterocycles. The Balaban J connectivity index is 1.43. The zero-order valence-corrected chi connectivity index (χ0v) is 22.2. The second-order valence-corrected chi connectivity index (χ2v) is 9.82. The highest BCUT2D eigenvalue weighted by Gasteiger charge is 2.31. The molecule has 204 valence electrons. The minimum absolute atomic E-state index is 0.0826. The summed E-state index contributed by atoms with van der Waals surface area (Å²) in [5, 5.41) is 22.0. The van der Waals surface area contributed by atoms with Gasteiger partial charge in [-0.3, -0.25) is 45.6 Å². The highest BCUT2D eigenvalue weighted by Crippen LogP contribution is 2.33. The van der Waals surface area contributed by atoms with Crippen LogP contribution in [0.2, 0.25) is 0 Å². The number of carbonyl (C=O) groups excluding carboxylic acids is 3. The second-order valence-electron chi connectivity index (χ2n) is 8.15. The van der Waals surface area contributed by atoms with Crippen LogP contribution in [0.4, 0.5) is 17.1 Å². The molecule has 2 N–H and O–H groups in total. The summed E-state index contributed by atoms with van der Waals surface area (Å²) in [6, 6.07) is 9.67. The van der Waals surface area contributed by atoms with E-state index in [0.29, 0.717) is 40.6 Å². The third-order valence-electron chi connectivity index (χ3n) is 5.51. The predicted molar refractivity (Wildman–Crippen MR) is 148 cm³/mol. The Hall–Kier alpha value is -4.37. The molecule has 0 unspecified atom stereocenters. The Kier molecular flexibility index (Phi) is 10.1. The number of methoxy groups -OCH3 is 1. The first kappa shape index (κ1) is 29.2. The van der Waals surface area contributed by atoms with Gasteiger partial charge in [-0.05, 0) is 42.7 Å². The van der Waals surface area contributed by atoms with Gasteiger partial charge >= 0.3 is 11.7 Å². The molecular weight excluding hydrogens is 550 g/mol. The summed E-state index contributed by atoms with van der Waals surface area (Å²) in [5.41, 5.74) is 4.85. The minimum atomic E-state index is -0.786. The molecule has 1 heterocycles. The van der Waals surface area contributed by atoms with Crippen molar-refractivity contribution in [2.75, 3.05) is 19.1 Å². The molecule has 3 rings (SSSR count). The summed E-state index contributed by atoms with van der Waals surface area (Å²) in [6.45, 7) is 0.387. The van der Waals surface area contributed by atoms with Gasteiger partial charge in [-0.15, -0.1) is 0 Å². The highest BCUT2D eigenvalue weighted by atomic mass is 32.2. The number of thiocarbonyl (C=S) groups is 1. The van der Waals surface area contributed by atoms with Crippen LogP contribution in [-0.2, 0) is 14.3 Å². The van der Waals surface area contributed by atoms with E-state index in [4.69, 9.17) is 12.2 Å². The van der Waals surface area contributed by atoms with Gasteiger partial charge in [0.05, 0.1) is 33.5 Å². The largest absolute Gasteiger partial charge is 0.465 e. The highest BCUT2D eigenvalue weighted by molar-refractivity contribution is 8.26. The van der Waals surface area contributed by atoms with Crippen molar-refractivity contribution in [3.8, 4) is 0 Å². The van der Waals surface area contributed by atoms with Crippen molar-refractivity contribution < 1.29 is 29.0 Å². The SMILES string of the molecule is COC(=O)c1ccc(C=C2SC(=S)N(CCCCCC(=O)NNc3ccc([N+](=O)[O-])cc3[N+](=O)[O-])C2=O)cc1. The summed E-state index contributed by atoms with van der Waals surface area (Å²) in [4.78, 5) is 58.9. The number of ether oxygens (including phenoxy) is 1. The zero-order valence-electron chi connectivity index (χ0n) is 20.6. The van der Waals surface area contributed by atoms with Crippen LogP contribution in [0.15, 0.2) is 47.4 Å². The first-order chi connectivity index (χ1) is 18.6. The standard InChI is InChI=1S/C24H23N5O8S2/c1-37-23(32)16-8-6-15(7-9-16)13-20-22(31)27(24(38)39-20)12-4-2-3-5-21(30)26-25-18-11-10-17(28(33)34)14-19(18)29(35)36/h6-11,13-14,25H,2-5,12H2,1H3,(H,26,30). The third kappa shape index (κ3) is 7.81. The number of esters is 1. The van der Waals surface area contributed by atoms with Crippen molar-refractivity contribution in [2.45, 2.75) is 25.7 Å². The summed E-state index contributed by atoms with van der Waals surface area (Å²) >= 11 is 6.53. The van der Waals surface area contributed by atoms with E-state index in [1.54, 1.807) is 30.3 Å². The number of non-ortho nitro benzene ring substituents is 1. The van der Waals surface area contributed by atoms with Crippen molar-refractivity contribution in [1.29, 1.82) is 0 Å². The smallest absolute Gasteiger partial charge is 0.337 e. The number of anilines is 1. The molecule has 0 aliphatic carbocycles. The number of benzene rings is 2. The average molecular weight is 574 g/mol. The molecule has 1 aliphatic rings. The number of hydrazine groups is 1. The second kappa shape index (κ2) is 13.4. The molecule has 15 heteroatoms. The van der Waals surface area contributed by atoms with Gasteiger partial charge in [-0.25, -0.2) is 4.79 Å². The third-order valence-corrected chi connectivity index (χ3v) is 6.89. The molecule has 2 aromatic carbocycles. The van der Waals surface area contributed by atoms with Crippen LogP contribution in [0.5, 0.6) is 0 Å². The van der Waals surface area contributed by atoms with Gasteiger partial charge in [-0.2, -0.15) is 0 Å². The first-order valence-electron chi connectivity index (χ1n) is 11.5. The maximum atomic E-state index is 12.8. The van der Waals surface area contributed by atoms with E-state index in [-0.39, 0.29) is 18.0 Å². The van der Waals surface area contributed by atoms with E-state index >= 15 is 0 Å². The number of amides is 2. The van der Waals surface area contributed by atoms with Crippen molar-refractivity contribution in [1.82, 2.24) is 10.3 Å². The number of hydrogen-bond donors (Lipinski definition) is 2. The lowest BCUT2D eigenvalue weighted by atomic mass is 10.1. The molecular formula is C24H23N5O8S2. The molecule has 0 atom stereocenters. The monoisotopic (exact) mass is 573 g/mol. The maximum absolute atomic E-state index is 12.8. The van der Waals surface area contributed by atoms with Gasteiger partial charge < -0.3 is 4.74 Å². The van der Waals surface area contributed by atoms with Crippen LogP contribution < -0.4 is 10.9 Å². The Morgan fingerprint density at radius 1 is 1.08 bits per heavy atom. The fourth-order valence-corrected chi connectivity index (χ4v) is 4.81. The summed E-state index contributed by atoms with van der Waals surface area (Å²) in [7, 11) is 1.30. The van der Waals surface area contributed by atoms with Crippen molar-refractivity contribution in [2.24, 2.45) is 0 Å². The van der Waals surface area contributed by atoms with E-state index in [1.807, 2.05) is 0 Å². The summed E-state index contributed by atoms with van der Waals surface area (Å²) < 4.78 is 5.11. The number of nitro groups is 2. The Labute approximate surface area is 231 Å². The molecule has 39 heavy (non-hydrogen) atoms. The Morgan fingerprint density at radius 2 is 1.79 bits per heavy atom. The number of unbranched alkanes of at least 4 members (excludes halogenated alkanes) is 2. The summed E-state index contributed by atoms with van der Waals surface area (Å²) in [5.74, 6) is -1.09. The normalized spacial score (nSPS) is 13.9. The fraction of sp³-hybridized carbons (Fsp3) is 0.250. The predicted octanol–water partition coefficient (Wildman–Crippen LogP) is 4.19. The maximum Gasteiger partial charge on any atom is 0.337 e. The first-order valence-corrected chi connectivity index (χ1v) is 12.7. The van der Waals surface area contributed by atoms with E-state index in [2.05, 4.69) is 15.6 Å². The molecule has 0 radical (unpaired) electrons. The Morgan fingerprint density at radius 3 is 2.44 bits per heavy atom. The number of nitrogens with zero attached hydrogens (tertiary/aromatic N) is 3. The van der Waals surface area contributed by atoms with E-state index in [0.717, 1.165) is 23.8 Å². The van der Waals surface area contributed by atoms with Gasteiger partial charge in [0.1, 0.15) is 10.0 Å². The van der Waals surface area contributed by atoms with Crippen molar-refractivity contribution in [3.05, 3.63) is 78.7 Å². The zero-order chi connectivity index (χ0) is 28.5. The Bertz CT molecular complexity index is 1350. The average Bonchev–Trinajstić information content (AvgIpc) is 3.18. The van der Waals surface area contributed by atoms with E-state index < -0.39 is 33.1 Å². The lowest BCUT2D eigenvalue weighted by Crippen LogP contribution is -2.30. The van der Waals surface area contributed by atoms with Gasteiger partial charge in [0.25, 0.3) is 11.6 Å². The topological polar surface area (TPSA) is 174 Å². The molecule has 2 amide bonds. The number of thioether (sulfide) groups is 1. The molecule has 1 fully saturated rings. The van der Waals surface area contributed by atoms with Gasteiger partial charge in [0, 0.05) is 19.0 Å². The van der Waals surface area contributed by atoms with E-state index in [1.165, 1.54) is 23.8 Å².